The van der Waals surface area contributed by atoms with Gasteiger partial charge in [0.2, 0.25) is 0 Å². The second kappa shape index (κ2) is 4.73. The average molecular weight is 256 g/mol. The van der Waals surface area contributed by atoms with E-state index >= 15 is 0 Å². The van der Waals surface area contributed by atoms with Crippen LogP contribution in [-0.2, 0) is 0 Å². The van der Waals surface area contributed by atoms with Gasteiger partial charge in [-0.2, -0.15) is 0 Å². The van der Waals surface area contributed by atoms with Crippen molar-refractivity contribution in [1.82, 2.24) is 0 Å². The fourth-order valence-corrected chi connectivity index (χ4v) is 2.18. The van der Waals surface area contributed by atoms with E-state index in [-0.39, 0.29) is 5.41 Å². The van der Waals surface area contributed by atoms with Crippen molar-refractivity contribution in [3.63, 3.8) is 0 Å². The minimum absolute atomic E-state index is 0.0676. The zero-order valence-electron chi connectivity index (χ0n) is 15.1. The van der Waals surface area contributed by atoms with E-state index < -0.39 is 6.85 Å². The maximum atomic E-state index is 7.50. The number of hydrogen-bond donors (Lipinski definition) is 0. The maximum absolute atomic E-state index is 7.50. The fraction of sp³-hybridized carbons (Fsp3) is 0.333. The van der Waals surface area contributed by atoms with Crippen LogP contribution in [0.2, 0.25) is 0 Å². The van der Waals surface area contributed by atoms with Gasteiger partial charge in [-0.25, -0.2) is 0 Å². The molecule has 0 bridgehead atoms. The van der Waals surface area contributed by atoms with E-state index in [0.29, 0.717) is 5.56 Å². The van der Waals surface area contributed by atoms with E-state index in [4.69, 9.17) is 4.11 Å². The van der Waals surface area contributed by atoms with E-state index in [1.54, 1.807) is 12.1 Å². The zero-order chi connectivity index (χ0) is 16.7. The van der Waals surface area contributed by atoms with Gasteiger partial charge >= 0.3 is 0 Å². The van der Waals surface area contributed by atoms with Crippen LogP contribution < -0.4 is 0 Å². The molecule has 0 saturated heterocycles. The van der Waals surface area contributed by atoms with E-state index in [0.717, 1.165) is 17.2 Å². The molecule has 1 aliphatic heterocycles. The molecule has 0 unspecified atom stereocenters. The summed E-state index contributed by atoms with van der Waals surface area (Å²) in [5, 5.41) is 0. The summed E-state index contributed by atoms with van der Waals surface area (Å²) in [6.07, 6.45) is 6.19. The Hall–Kier alpha value is -1.76. The van der Waals surface area contributed by atoms with Crippen LogP contribution in [0, 0.1) is 25.2 Å². The molecule has 1 heteroatoms. The third-order valence-electron chi connectivity index (χ3n) is 3.39. The molecule has 1 aromatic carbocycles. The Morgan fingerprint density at radius 2 is 2.05 bits per heavy atom. The first-order valence-corrected chi connectivity index (χ1v) is 6.49. The van der Waals surface area contributed by atoms with Gasteiger partial charge in [-0.05, 0) is 29.5 Å². The normalized spacial score (nSPS) is 18.7. The van der Waals surface area contributed by atoms with Crippen molar-refractivity contribution in [1.29, 1.82) is 0 Å². The van der Waals surface area contributed by atoms with Gasteiger partial charge in [0.15, 0.2) is 0 Å². The molecule has 0 radical (unpaired) electrons. The van der Waals surface area contributed by atoms with E-state index in [2.05, 4.69) is 33.6 Å². The maximum Gasteiger partial charge on any atom is 0.147 e. The highest BCUT2D eigenvalue weighted by Gasteiger charge is 2.23. The van der Waals surface area contributed by atoms with Crippen LogP contribution in [0.25, 0.3) is 0 Å². The van der Waals surface area contributed by atoms with Gasteiger partial charge in [0.25, 0.3) is 0 Å². The predicted octanol–water partition coefficient (Wildman–Crippen LogP) is 4.40. The molecule has 2 rings (SSSR count). The number of nitrogens with zero attached hydrogens (tertiary/aromatic N) is 1. The lowest BCUT2D eigenvalue weighted by molar-refractivity contribution is -0.419. The molecule has 0 spiro atoms. The molecule has 0 saturated carbocycles. The van der Waals surface area contributed by atoms with Crippen molar-refractivity contribution >= 4 is 6.72 Å². The standard InChI is InChI=1S/C18H23N/c1-13-7-9-16(14(2)11-13)17-10-8-15(12-19(17)6)18(3,4)5/h7-12H,6H2,1-5H3/i1D3. The summed E-state index contributed by atoms with van der Waals surface area (Å²) >= 11 is 0. The molecule has 0 fully saturated rings. The Balaban J connectivity index is 2.34. The van der Waals surface area contributed by atoms with Crippen LogP contribution in [-0.4, -0.2) is 11.3 Å². The van der Waals surface area contributed by atoms with Crippen molar-refractivity contribution in [2.75, 3.05) is 0 Å². The van der Waals surface area contributed by atoms with Gasteiger partial charge in [0, 0.05) is 4.11 Å². The summed E-state index contributed by atoms with van der Waals surface area (Å²) < 4.78 is 24.4. The average Bonchev–Trinajstić information content (AvgIpc) is 2.37. The van der Waals surface area contributed by atoms with Crippen LogP contribution >= 0.6 is 0 Å². The highest BCUT2D eigenvalue weighted by molar-refractivity contribution is 5.45. The SMILES string of the molecule is [2H]C([2H])([2H])c1ccc([C-]2C=CC(C(C)(C)C)=C[N+]2=C)c(C)c1. The zero-order valence-corrected chi connectivity index (χ0v) is 12.1. The second-order valence-electron chi connectivity index (χ2n) is 6.05. The van der Waals surface area contributed by atoms with Gasteiger partial charge in [-0.3, -0.25) is 4.58 Å². The Kier molecular flexibility index (Phi) is 2.51. The second-order valence-corrected chi connectivity index (χ2v) is 6.05. The van der Waals surface area contributed by atoms with Gasteiger partial charge in [-0.1, -0.05) is 57.0 Å². The van der Waals surface area contributed by atoms with Gasteiger partial charge in [-0.15, -0.1) is 6.07 Å². The van der Waals surface area contributed by atoms with Gasteiger partial charge in [0.05, 0.1) is 6.72 Å². The summed E-state index contributed by atoms with van der Waals surface area (Å²) in [4.78, 5) is 0. The van der Waals surface area contributed by atoms with Crippen LogP contribution in [0.4, 0.5) is 0 Å². The lowest BCUT2D eigenvalue weighted by atomic mass is 9.84. The predicted molar refractivity (Wildman–Crippen MR) is 82.3 cm³/mol. The first-order chi connectivity index (χ1) is 10.00. The Morgan fingerprint density at radius 3 is 2.58 bits per heavy atom. The molecule has 1 aromatic rings. The Bertz CT molecular complexity index is 658. The highest BCUT2D eigenvalue weighted by Crippen LogP contribution is 2.32. The number of benzene rings is 1. The van der Waals surface area contributed by atoms with Gasteiger partial charge in [0.1, 0.15) is 12.2 Å². The van der Waals surface area contributed by atoms with Crippen LogP contribution in [0.3, 0.4) is 0 Å². The van der Waals surface area contributed by atoms with Crippen LogP contribution in [0.15, 0.2) is 42.1 Å². The molecule has 19 heavy (non-hydrogen) atoms. The van der Waals surface area contributed by atoms with Crippen molar-refractivity contribution < 1.29 is 8.69 Å². The molecule has 0 atom stereocenters. The molecular formula is C18H23N. The monoisotopic (exact) mass is 256 g/mol. The highest BCUT2D eigenvalue weighted by atomic mass is 15.0. The summed E-state index contributed by atoms with van der Waals surface area (Å²) in [5.41, 5.74) is 3.59. The lowest BCUT2D eigenvalue weighted by Gasteiger charge is -2.27. The third kappa shape index (κ3) is 2.81. The number of allylic oxidation sites excluding steroid dienone is 2. The first kappa shape index (κ1) is 10.1. The topological polar surface area (TPSA) is 3.01 Å². The molecule has 0 N–H and O–H groups in total. The van der Waals surface area contributed by atoms with Crippen molar-refractivity contribution in [2.24, 2.45) is 5.41 Å². The van der Waals surface area contributed by atoms with Crippen LogP contribution in [0.1, 0.15) is 41.6 Å². The summed E-state index contributed by atoms with van der Waals surface area (Å²) in [6.45, 7) is 10.4. The smallest absolute Gasteiger partial charge is 0.147 e. The molecule has 1 heterocycles. The molecule has 0 amide bonds. The van der Waals surface area contributed by atoms with Crippen LogP contribution in [0.5, 0.6) is 0 Å². The quantitative estimate of drug-likeness (QED) is 0.517. The number of aryl methyl sites for hydroxylation is 2. The first-order valence-electron chi connectivity index (χ1n) is 7.99. The number of hydrogen-bond acceptors (Lipinski definition) is 0. The molecule has 100 valence electrons. The van der Waals surface area contributed by atoms with E-state index in [9.17, 15) is 0 Å². The van der Waals surface area contributed by atoms with Gasteiger partial charge < -0.3 is 0 Å². The molecule has 0 aromatic heterocycles. The van der Waals surface area contributed by atoms with Crippen molar-refractivity contribution in [3.8, 4) is 0 Å². The Labute approximate surface area is 121 Å². The summed E-state index contributed by atoms with van der Waals surface area (Å²) in [7, 11) is 0. The fourth-order valence-electron chi connectivity index (χ4n) is 2.18. The molecule has 1 nitrogen and oxygen atoms in total. The minimum Gasteiger partial charge on any atom is -0.255 e. The summed E-state index contributed by atoms with van der Waals surface area (Å²) in [6, 6.07) is 6.25. The van der Waals surface area contributed by atoms with Crippen molar-refractivity contribution in [2.45, 2.75) is 34.5 Å². The molecule has 0 aliphatic carbocycles. The molecule has 1 aliphatic rings. The van der Waals surface area contributed by atoms with Crippen molar-refractivity contribution in [3.05, 3.63) is 64.9 Å². The largest absolute Gasteiger partial charge is 0.255 e. The lowest BCUT2D eigenvalue weighted by Crippen LogP contribution is -2.20. The third-order valence-corrected chi connectivity index (χ3v) is 3.39. The molecular weight excluding hydrogens is 230 g/mol. The Morgan fingerprint density at radius 1 is 1.32 bits per heavy atom. The summed E-state index contributed by atoms with van der Waals surface area (Å²) in [5.74, 6) is 0. The van der Waals surface area contributed by atoms with E-state index in [1.807, 2.05) is 29.8 Å². The number of rotatable bonds is 1. The minimum atomic E-state index is -2.07. The van der Waals surface area contributed by atoms with E-state index in [1.165, 1.54) is 5.57 Å².